The van der Waals surface area contributed by atoms with Gasteiger partial charge in [0.15, 0.2) is 0 Å². The summed E-state index contributed by atoms with van der Waals surface area (Å²) >= 11 is 3.25. The van der Waals surface area contributed by atoms with Gasteiger partial charge in [-0.25, -0.2) is 4.39 Å². The molecule has 3 nitrogen and oxygen atoms in total. The zero-order chi connectivity index (χ0) is 13.0. The first kappa shape index (κ1) is 16.7. The Hall–Kier alpha value is -0.360. The smallest absolute Gasteiger partial charge is 0.128 e. The molecule has 108 valence electrons. The minimum absolute atomic E-state index is 0. The van der Waals surface area contributed by atoms with E-state index in [4.69, 9.17) is 4.74 Å². The molecule has 0 saturated carbocycles. The minimum atomic E-state index is -0.282. The lowest BCUT2D eigenvalue weighted by Crippen LogP contribution is -2.50. The summed E-state index contributed by atoms with van der Waals surface area (Å²) in [5.41, 5.74) is 0. The van der Waals surface area contributed by atoms with Crippen molar-refractivity contribution in [3.8, 4) is 5.75 Å². The number of rotatable bonds is 4. The van der Waals surface area contributed by atoms with Crippen LogP contribution in [0, 0.1) is 5.82 Å². The summed E-state index contributed by atoms with van der Waals surface area (Å²) < 4.78 is 19.4. The van der Waals surface area contributed by atoms with Crippen molar-refractivity contribution < 1.29 is 9.13 Å². The first-order chi connectivity index (χ1) is 8.65. The van der Waals surface area contributed by atoms with Crippen LogP contribution in [0.2, 0.25) is 0 Å². The molecule has 1 unspecified atom stereocenters. The highest BCUT2D eigenvalue weighted by molar-refractivity contribution is 9.10. The third-order valence-electron chi connectivity index (χ3n) is 3.12. The van der Waals surface area contributed by atoms with Gasteiger partial charge in [0.25, 0.3) is 0 Å². The van der Waals surface area contributed by atoms with E-state index in [1.807, 2.05) is 0 Å². The van der Waals surface area contributed by atoms with Crippen molar-refractivity contribution in [1.82, 2.24) is 10.2 Å². The molecule has 0 radical (unpaired) electrons. The van der Waals surface area contributed by atoms with E-state index in [1.165, 1.54) is 12.1 Å². The molecular formula is C13H19BrClFN2O. The quantitative estimate of drug-likeness (QED) is 0.901. The molecule has 0 aliphatic carbocycles. The van der Waals surface area contributed by atoms with E-state index < -0.39 is 0 Å². The van der Waals surface area contributed by atoms with Crippen molar-refractivity contribution in [3.63, 3.8) is 0 Å². The van der Waals surface area contributed by atoms with Crippen LogP contribution in [-0.4, -0.2) is 43.7 Å². The Labute approximate surface area is 128 Å². The Bertz CT molecular complexity index is 388. The molecule has 1 N–H and O–H groups in total. The largest absolute Gasteiger partial charge is 0.492 e. The van der Waals surface area contributed by atoms with E-state index in [-0.39, 0.29) is 18.2 Å². The highest BCUT2D eigenvalue weighted by atomic mass is 79.9. The minimum Gasteiger partial charge on any atom is -0.492 e. The number of piperazine rings is 1. The van der Waals surface area contributed by atoms with Gasteiger partial charge in [0, 0.05) is 42.8 Å². The van der Waals surface area contributed by atoms with Crippen molar-refractivity contribution >= 4 is 28.3 Å². The van der Waals surface area contributed by atoms with Crippen LogP contribution >= 0.6 is 28.3 Å². The van der Waals surface area contributed by atoms with Crippen molar-refractivity contribution in [1.29, 1.82) is 0 Å². The molecule has 1 saturated heterocycles. The zero-order valence-electron chi connectivity index (χ0n) is 10.9. The van der Waals surface area contributed by atoms with Gasteiger partial charge in [0.1, 0.15) is 18.2 Å². The second kappa shape index (κ2) is 8.04. The summed E-state index contributed by atoms with van der Waals surface area (Å²) in [6.45, 7) is 6.74. The molecule has 0 amide bonds. The van der Waals surface area contributed by atoms with E-state index in [2.05, 4.69) is 33.1 Å². The molecule has 19 heavy (non-hydrogen) atoms. The van der Waals surface area contributed by atoms with Gasteiger partial charge in [0.05, 0.1) is 0 Å². The van der Waals surface area contributed by atoms with Gasteiger partial charge in [0.2, 0.25) is 0 Å². The summed E-state index contributed by atoms with van der Waals surface area (Å²) in [5, 5.41) is 3.35. The predicted molar refractivity (Wildman–Crippen MR) is 80.7 cm³/mol. The standard InChI is InChI=1S/C13H18BrFN2O.ClH/c1-10-9-16-2-3-17(10)4-5-18-13-7-11(14)6-12(15)8-13;/h6-8,10,16H,2-5,9H2,1H3;1H. The van der Waals surface area contributed by atoms with Crippen LogP contribution in [0.25, 0.3) is 0 Å². The SMILES string of the molecule is CC1CNCCN1CCOc1cc(F)cc(Br)c1.Cl. The van der Waals surface area contributed by atoms with Gasteiger partial charge in [-0.1, -0.05) is 15.9 Å². The second-order valence-electron chi connectivity index (χ2n) is 4.54. The van der Waals surface area contributed by atoms with Crippen LogP contribution in [0.15, 0.2) is 22.7 Å². The molecule has 1 fully saturated rings. The number of ether oxygens (including phenoxy) is 1. The Morgan fingerprint density at radius 2 is 2.26 bits per heavy atom. The highest BCUT2D eigenvalue weighted by Crippen LogP contribution is 2.20. The van der Waals surface area contributed by atoms with Crippen LogP contribution in [0.5, 0.6) is 5.75 Å². The second-order valence-corrected chi connectivity index (χ2v) is 5.46. The van der Waals surface area contributed by atoms with Crippen LogP contribution in [-0.2, 0) is 0 Å². The molecule has 1 atom stereocenters. The monoisotopic (exact) mass is 352 g/mol. The number of hydrogen-bond donors (Lipinski definition) is 1. The number of benzene rings is 1. The molecule has 0 bridgehead atoms. The van der Waals surface area contributed by atoms with E-state index in [0.29, 0.717) is 22.9 Å². The molecule has 0 spiro atoms. The van der Waals surface area contributed by atoms with E-state index in [1.54, 1.807) is 6.07 Å². The molecule has 1 heterocycles. The Morgan fingerprint density at radius 1 is 1.47 bits per heavy atom. The molecule has 6 heteroatoms. The maximum atomic E-state index is 13.1. The molecule has 2 rings (SSSR count). The maximum absolute atomic E-state index is 13.1. The van der Waals surface area contributed by atoms with Crippen molar-refractivity contribution in [2.24, 2.45) is 0 Å². The van der Waals surface area contributed by atoms with Gasteiger partial charge in [-0.3, -0.25) is 4.90 Å². The first-order valence-electron chi connectivity index (χ1n) is 6.19. The fourth-order valence-electron chi connectivity index (χ4n) is 2.11. The molecule has 1 aliphatic heterocycles. The molecule has 1 aromatic carbocycles. The fraction of sp³-hybridized carbons (Fsp3) is 0.538. The van der Waals surface area contributed by atoms with Gasteiger partial charge >= 0.3 is 0 Å². The van der Waals surface area contributed by atoms with E-state index in [9.17, 15) is 4.39 Å². The van der Waals surface area contributed by atoms with Crippen LogP contribution in [0.3, 0.4) is 0 Å². The van der Waals surface area contributed by atoms with Crippen molar-refractivity contribution in [2.75, 3.05) is 32.8 Å². The molecular weight excluding hydrogens is 335 g/mol. The van der Waals surface area contributed by atoms with Crippen molar-refractivity contribution in [2.45, 2.75) is 13.0 Å². The lowest BCUT2D eigenvalue weighted by Gasteiger charge is -2.33. The number of hydrogen-bond acceptors (Lipinski definition) is 3. The number of halogens is 3. The molecule has 1 aromatic rings. The van der Waals surface area contributed by atoms with Gasteiger partial charge in [-0.15, -0.1) is 12.4 Å². The predicted octanol–water partition coefficient (Wildman–Crippen LogP) is 2.68. The third-order valence-corrected chi connectivity index (χ3v) is 3.58. The Balaban J connectivity index is 0.00000180. The first-order valence-corrected chi connectivity index (χ1v) is 6.98. The normalized spacial score (nSPS) is 19.8. The van der Waals surface area contributed by atoms with Crippen LogP contribution < -0.4 is 10.1 Å². The summed E-state index contributed by atoms with van der Waals surface area (Å²) in [7, 11) is 0. The lowest BCUT2D eigenvalue weighted by molar-refractivity contribution is 0.143. The third kappa shape index (κ3) is 5.26. The fourth-order valence-corrected chi connectivity index (χ4v) is 2.55. The van der Waals surface area contributed by atoms with E-state index >= 15 is 0 Å². The topological polar surface area (TPSA) is 24.5 Å². The Morgan fingerprint density at radius 3 is 2.95 bits per heavy atom. The zero-order valence-corrected chi connectivity index (χ0v) is 13.3. The summed E-state index contributed by atoms with van der Waals surface area (Å²) in [4.78, 5) is 2.38. The van der Waals surface area contributed by atoms with Crippen molar-refractivity contribution in [3.05, 3.63) is 28.5 Å². The summed E-state index contributed by atoms with van der Waals surface area (Å²) in [5.74, 6) is 0.291. The number of nitrogens with one attached hydrogen (secondary N) is 1. The lowest BCUT2D eigenvalue weighted by atomic mass is 10.2. The summed E-state index contributed by atoms with van der Waals surface area (Å²) in [6, 6.07) is 5.14. The molecule has 1 aliphatic rings. The van der Waals surface area contributed by atoms with Gasteiger partial charge in [-0.05, 0) is 19.1 Å². The van der Waals surface area contributed by atoms with Gasteiger partial charge < -0.3 is 10.1 Å². The average molecular weight is 354 g/mol. The summed E-state index contributed by atoms with van der Waals surface area (Å²) in [6.07, 6.45) is 0. The number of nitrogens with zero attached hydrogens (tertiary/aromatic N) is 1. The molecule has 0 aromatic heterocycles. The maximum Gasteiger partial charge on any atom is 0.128 e. The average Bonchev–Trinajstić information content (AvgIpc) is 2.30. The van der Waals surface area contributed by atoms with Crippen LogP contribution in [0.4, 0.5) is 4.39 Å². The van der Waals surface area contributed by atoms with E-state index in [0.717, 1.165) is 26.2 Å². The Kier molecular flexibility index (Phi) is 7.07. The highest BCUT2D eigenvalue weighted by Gasteiger charge is 2.17. The van der Waals surface area contributed by atoms with Crippen LogP contribution in [0.1, 0.15) is 6.92 Å². The van der Waals surface area contributed by atoms with Gasteiger partial charge in [-0.2, -0.15) is 0 Å².